The molecule has 0 aromatic heterocycles. The van der Waals surface area contributed by atoms with E-state index in [1.807, 2.05) is 4.90 Å². The van der Waals surface area contributed by atoms with Crippen LogP contribution in [0.1, 0.15) is 36.8 Å². The average Bonchev–Trinajstić information content (AvgIpc) is 2.42. The van der Waals surface area contributed by atoms with Crippen molar-refractivity contribution in [2.75, 3.05) is 13.1 Å². The Bertz CT molecular complexity index is 363. The molecule has 98 valence electrons. The first-order valence-electron chi connectivity index (χ1n) is 7.03. The van der Waals surface area contributed by atoms with Gasteiger partial charge in [0.15, 0.2) is 0 Å². The maximum atomic E-state index is 10.6. The van der Waals surface area contributed by atoms with Gasteiger partial charge in [-0.25, -0.2) is 0 Å². The van der Waals surface area contributed by atoms with E-state index in [2.05, 4.69) is 31.2 Å². The molecule has 1 aromatic rings. The fourth-order valence-corrected chi connectivity index (χ4v) is 2.70. The summed E-state index contributed by atoms with van der Waals surface area (Å²) in [6.45, 7) is 4.04. The van der Waals surface area contributed by atoms with Crippen LogP contribution in [-0.2, 0) is 11.2 Å². The van der Waals surface area contributed by atoms with Crippen LogP contribution in [0.15, 0.2) is 24.3 Å². The van der Waals surface area contributed by atoms with Crippen molar-refractivity contribution >= 4 is 6.41 Å². The predicted molar refractivity (Wildman–Crippen MR) is 74.5 cm³/mol. The van der Waals surface area contributed by atoms with Crippen molar-refractivity contribution in [1.29, 1.82) is 0 Å². The fourth-order valence-electron chi connectivity index (χ4n) is 2.70. The summed E-state index contributed by atoms with van der Waals surface area (Å²) in [5.41, 5.74) is 2.78. The third kappa shape index (κ3) is 3.86. The number of carbonyl (C=O) groups is 1. The Morgan fingerprint density at radius 1 is 1.22 bits per heavy atom. The topological polar surface area (TPSA) is 20.3 Å². The molecule has 18 heavy (non-hydrogen) atoms. The van der Waals surface area contributed by atoms with Gasteiger partial charge < -0.3 is 4.90 Å². The summed E-state index contributed by atoms with van der Waals surface area (Å²) < 4.78 is 0. The minimum absolute atomic E-state index is 0.826. The quantitative estimate of drug-likeness (QED) is 0.730. The van der Waals surface area contributed by atoms with Crippen LogP contribution in [0.4, 0.5) is 0 Å². The van der Waals surface area contributed by atoms with Crippen LogP contribution in [0.25, 0.3) is 0 Å². The van der Waals surface area contributed by atoms with Crippen molar-refractivity contribution in [3.8, 4) is 0 Å². The first kappa shape index (κ1) is 13.1. The molecule has 1 fully saturated rings. The molecule has 1 amide bonds. The molecular formula is C16H23NO. The van der Waals surface area contributed by atoms with Crippen LogP contribution in [0, 0.1) is 12.8 Å². The molecule has 2 rings (SSSR count). The number of hydrogen-bond acceptors (Lipinski definition) is 1. The number of amides is 1. The molecule has 0 bridgehead atoms. The van der Waals surface area contributed by atoms with Gasteiger partial charge in [0, 0.05) is 13.1 Å². The molecule has 1 aliphatic rings. The van der Waals surface area contributed by atoms with Gasteiger partial charge in [-0.3, -0.25) is 4.79 Å². The van der Waals surface area contributed by atoms with Crippen molar-refractivity contribution in [1.82, 2.24) is 4.90 Å². The van der Waals surface area contributed by atoms with Gasteiger partial charge in [0.1, 0.15) is 0 Å². The molecule has 2 nitrogen and oxygen atoms in total. The lowest BCUT2D eigenvalue weighted by Gasteiger charge is -2.29. The van der Waals surface area contributed by atoms with Crippen molar-refractivity contribution in [2.24, 2.45) is 5.92 Å². The number of aryl methyl sites for hydroxylation is 2. The molecule has 0 atom stereocenters. The Labute approximate surface area is 110 Å². The highest BCUT2D eigenvalue weighted by molar-refractivity contribution is 5.47. The number of likely N-dealkylation sites (tertiary alicyclic amines) is 1. The Hall–Kier alpha value is -1.31. The SMILES string of the molecule is Cc1ccc(CCCC2CCN(C=O)CC2)cc1. The average molecular weight is 245 g/mol. The normalized spacial score (nSPS) is 16.8. The molecule has 0 aliphatic carbocycles. The van der Waals surface area contributed by atoms with E-state index in [0.29, 0.717) is 0 Å². The molecule has 1 heterocycles. The van der Waals surface area contributed by atoms with Crippen LogP contribution in [0.2, 0.25) is 0 Å². The number of carbonyl (C=O) groups excluding carboxylic acids is 1. The molecule has 1 saturated heterocycles. The van der Waals surface area contributed by atoms with Gasteiger partial charge in [0.25, 0.3) is 0 Å². The maximum absolute atomic E-state index is 10.6. The standard InChI is InChI=1S/C16H23NO/c1-14-5-7-15(8-6-14)3-2-4-16-9-11-17(13-18)12-10-16/h5-8,13,16H,2-4,9-12H2,1H3. The van der Waals surface area contributed by atoms with Crippen LogP contribution < -0.4 is 0 Å². The number of nitrogens with zero attached hydrogens (tertiary/aromatic N) is 1. The second-order valence-electron chi connectivity index (χ2n) is 5.46. The van der Waals surface area contributed by atoms with Gasteiger partial charge >= 0.3 is 0 Å². The Morgan fingerprint density at radius 2 is 1.89 bits per heavy atom. The van der Waals surface area contributed by atoms with Crippen LogP contribution >= 0.6 is 0 Å². The summed E-state index contributed by atoms with van der Waals surface area (Å²) in [5, 5.41) is 0. The highest BCUT2D eigenvalue weighted by Gasteiger charge is 2.17. The van der Waals surface area contributed by atoms with E-state index in [1.54, 1.807) is 0 Å². The number of rotatable bonds is 5. The van der Waals surface area contributed by atoms with E-state index >= 15 is 0 Å². The molecule has 0 N–H and O–H groups in total. The van der Waals surface area contributed by atoms with E-state index in [9.17, 15) is 4.79 Å². The lowest BCUT2D eigenvalue weighted by molar-refractivity contribution is -0.119. The molecule has 2 heteroatoms. The summed E-state index contributed by atoms with van der Waals surface area (Å²) in [6.07, 6.45) is 7.13. The minimum Gasteiger partial charge on any atom is -0.345 e. The van der Waals surface area contributed by atoms with E-state index in [0.717, 1.165) is 25.4 Å². The van der Waals surface area contributed by atoms with Crippen molar-refractivity contribution < 1.29 is 4.79 Å². The molecule has 0 radical (unpaired) electrons. The molecule has 1 aliphatic heterocycles. The van der Waals surface area contributed by atoms with Gasteiger partial charge in [-0.1, -0.05) is 29.8 Å². The van der Waals surface area contributed by atoms with Crippen LogP contribution in [0.3, 0.4) is 0 Å². The van der Waals surface area contributed by atoms with Gasteiger partial charge in [0.05, 0.1) is 0 Å². The first-order chi connectivity index (χ1) is 8.78. The van der Waals surface area contributed by atoms with Crippen molar-refractivity contribution in [3.05, 3.63) is 35.4 Å². The summed E-state index contributed by atoms with van der Waals surface area (Å²) in [7, 11) is 0. The van der Waals surface area contributed by atoms with Crippen LogP contribution in [0.5, 0.6) is 0 Å². The summed E-state index contributed by atoms with van der Waals surface area (Å²) in [5.74, 6) is 0.826. The maximum Gasteiger partial charge on any atom is 0.209 e. The van der Waals surface area contributed by atoms with Crippen molar-refractivity contribution in [3.63, 3.8) is 0 Å². The summed E-state index contributed by atoms with van der Waals surface area (Å²) in [4.78, 5) is 12.5. The van der Waals surface area contributed by atoms with Gasteiger partial charge in [-0.2, -0.15) is 0 Å². The van der Waals surface area contributed by atoms with Crippen molar-refractivity contribution in [2.45, 2.75) is 39.0 Å². The zero-order valence-electron chi connectivity index (χ0n) is 11.3. The minimum atomic E-state index is 0.826. The second-order valence-corrected chi connectivity index (χ2v) is 5.46. The Morgan fingerprint density at radius 3 is 2.50 bits per heavy atom. The van der Waals surface area contributed by atoms with Gasteiger partial charge in [-0.15, -0.1) is 0 Å². The molecule has 0 saturated carbocycles. The second kappa shape index (κ2) is 6.58. The van der Waals surface area contributed by atoms with E-state index in [1.165, 1.54) is 43.2 Å². The fraction of sp³-hybridized carbons (Fsp3) is 0.562. The zero-order chi connectivity index (χ0) is 12.8. The number of benzene rings is 1. The summed E-state index contributed by atoms with van der Waals surface area (Å²) >= 11 is 0. The molecule has 0 spiro atoms. The first-order valence-corrected chi connectivity index (χ1v) is 7.03. The van der Waals surface area contributed by atoms with Crippen LogP contribution in [-0.4, -0.2) is 24.4 Å². The predicted octanol–water partition coefficient (Wildman–Crippen LogP) is 3.19. The molecule has 1 aromatic carbocycles. The third-order valence-electron chi connectivity index (χ3n) is 4.00. The number of piperidine rings is 1. The monoisotopic (exact) mass is 245 g/mol. The largest absolute Gasteiger partial charge is 0.345 e. The van der Waals surface area contributed by atoms with E-state index in [-0.39, 0.29) is 0 Å². The lowest BCUT2D eigenvalue weighted by Crippen LogP contribution is -2.32. The summed E-state index contributed by atoms with van der Waals surface area (Å²) in [6, 6.07) is 8.87. The van der Waals surface area contributed by atoms with Gasteiger partial charge in [0.2, 0.25) is 6.41 Å². The Kier molecular flexibility index (Phi) is 4.80. The van der Waals surface area contributed by atoms with Gasteiger partial charge in [-0.05, 0) is 50.5 Å². The van der Waals surface area contributed by atoms with E-state index < -0.39 is 0 Å². The zero-order valence-corrected chi connectivity index (χ0v) is 11.3. The highest BCUT2D eigenvalue weighted by atomic mass is 16.1. The van der Waals surface area contributed by atoms with E-state index in [4.69, 9.17) is 0 Å². The third-order valence-corrected chi connectivity index (χ3v) is 4.00. The number of hydrogen-bond donors (Lipinski definition) is 0. The highest BCUT2D eigenvalue weighted by Crippen LogP contribution is 2.22. The lowest BCUT2D eigenvalue weighted by atomic mass is 9.91. The smallest absolute Gasteiger partial charge is 0.209 e. The molecular weight excluding hydrogens is 222 g/mol. The molecule has 0 unspecified atom stereocenters. The Balaban J connectivity index is 1.67.